The summed E-state index contributed by atoms with van der Waals surface area (Å²) >= 11 is 0. The summed E-state index contributed by atoms with van der Waals surface area (Å²) in [7, 11) is 3.91. The number of nitrogens with one attached hydrogen (secondary N) is 1. The van der Waals surface area contributed by atoms with Gasteiger partial charge in [0.2, 0.25) is 0 Å². The number of nitrogens with zero attached hydrogens (tertiary/aromatic N) is 2. The number of guanidine groups is 1. The van der Waals surface area contributed by atoms with Gasteiger partial charge in [-0.25, -0.2) is 0 Å². The molecule has 19 heavy (non-hydrogen) atoms. The van der Waals surface area contributed by atoms with E-state index in [9.17, 15) is 0 Å². The largest absolute Gasteiger partial charge is 0.377 e. The van der Waals surface area contributed by atoms with Crippen molar-refractivity contribution in [3.05, 3.63) is 24.3 Å². The molecule has 0 fully saturated rings. The Bertz CT molecular complexity index is 323. The van der Waals surface area contributed by atoms with Crippen molar-refractivity contribution in [1.82, 2.24) is 10.2 Å². The molecule has 0 saturated carbocycles. The lowest BCUT2D eigenvalue weighted by Crippen LogP contribution is -2.39. The van der Waals surface area contributed by atoms with E-state index in [-0.39, 0.29) is 0 Å². The van der Waals surface area contributed by atoms with Crippen molar-refractivity contribution >= 4 is 5.96 Å². The van der Waals surface area contributed by atoms with Crippen LogP contribution in [0.4, 0.5) is 0 Å². The minimum atomic E-state index is 0.769. The van der Waals surface area contributed by atoms with E-state index < -0.39 is 0 Å². The van der Waals surface area contributed by atoms with E-state index in [4.69, 9.17) is 4.74 Å². The summed E-state index contributed by atoms with van der Waals surface area (Å²) < 4.78 is 5.30. The summed E-state index contributed by atoms with van der Waals surface area (Å²) in [6.45, 7) is 7.31. The van der Waals surface area contributed by atoms with Crippen molar-refractivity contribution < 1.29 is 4.74 Å². The van der Waals surface area contributed by atoms with E-state index >= 15 is 0 Å². The molecule has 0 unspecified atom stereocenters. The third-order valence-electron chi connectivity index (χ3n) is 3.26. The summed E-state index contributed by atoms with van der Waals surface area (Å²) in [5.74, 6) is 0.969. The average molecular weight is 265 g/mol. The first-order valence-corrected chi connectivity index (χ1v) is 7.06. The highest BCUT2D eigenvalue weighted by molar-refractivity contribution is 5.79. The lowest BCUT2D eigenvalue weighted by molar-refractivity contribution is 0.153. The number of rotatable bonds is 7. The van der Waals surface area contributed by atoms with Crippen LogP contribution in [-0.2, 0) is 4.74 Å². The van der Waals surface area contributed by atoms with Gasteiger partial charge in [0.1, 0.15) is 0 Å². The van der Waals surface area contributed by atoms with Crippen LogP contribution in [0.1, 0.15) is 25.7 Å². The van der Waals surface area contributed by atoms with Crippen molar-refractivity contribution in [2.45, 2.75) is 25.7 Å². The van der Waals surface area contributed by atoms with E-state index in [0.717, 1.165) is 57.9 Å². The standard InChI is InChI=1S/C15H27N3O/c1-4-5-6-11-18(3)15(16-2)17-10-7-14-8-12-19-13-9-14/h4,8H,1,5-7,9-13H2,2-3H3,(H,16,17). The zero-order valence-electron chi connectivity index (χ0n) is 12.3. The molecule has 1 N–H and O–H groups in total. The second-order valence-corrected chi connectivity index (χ2v) is 4.76. The van der Waals surface area contributed by atoms with Crippen LogP contribution in [0.2, 0.25) is 0 Å². The highest BCUT2D eigenvalue weighted by Gasteiger charge is 2.06. The Labute approximate surface area is 117 Å². The van der Waals surface area contributed by atoms with Crippen LogP contribution in [0, 0.1) is 0 Å². The van der Waals surface area contributed by atoms with Crippen LogP contribution in [0.25, 0.3) is 0 Å². The Morgan fingerprint density at radius 2 is 2.47 bits per heavy atom. The van der Waals surface area contributed by atoms with Gasteiger partial charge in [0.25, 0.3) is 0 Å². The van der Waals surface area contributed by atoms with Gasteiger partial charge >= 0.3 is 0 Å². The van der Waals surface area contributed by atoms with Crippen molar-refractivity contribution in [3.63, 3.8) is 0 Å². The van der Waals surface area contributed by atoms with Gasteiger partial charge in [-0.15, -0.1) is 6.58 Å². The van der Waals surface area contributed by atoms with Crippen molar-refractivity contribution in [2.24, 2.45) is 4.99 Å². The van der Waals surface area contributed by atoms with E-state index in [1.165, 1.54) is 5.57 Å². The fourth-order valence-electron chi connectivity index (χ4n) is 2.09. The van der Waals surface area contributed by atoms with E-state index in [2.05, 4.69) is 34.9 Å². The maximum absolute atomic E-state index is 5.30. The Kier molecular flexibility index (Phi) is 7.98. The minimum Gasteiger partial charge on any atom is -0.377 e. The molecule has 0 aromatic carbocycles. The summed E-state index contributed by atoms with van der Waals surface area (Å²) in [5, 5.41) is 3.41. The molecule has 0 radical (unpaired) electrons. The number of allylic oxidation sites excluding steroid dienone is 1. The molecule has 1 aliphatic heterocycles. The molecule has 0 aliphatic carbocycles. The normalized spacial score (nSPS) is 15.9. The van der Waals surface area contributed by atoms with E-state index in [0.29, 0.717) is 0 Å². The van der Waals surface area contributed by atoms with Crippen molar-refractivity contribution in [1.29, 1.82) is 0 Å². The maximum atomic E-state index is 5.30. The van der Waals surface area contributed by atoms with Gasteiger partial charge in [-0.1, -0.05) is 17.7 Å². The molecule has 1 heterocycles. The second kappa shape index (κ2) is 9.62. The van der Waals surface area contributed by atoms with Crippen LogP contribution < -0.4 is 5.32 Å². The average Bonchev–Trinajstić information content (AvgIpc) is 2.45. The monoisotopic (exact) mass is 265 g/mol. The first-order chi connectivity index (χ1) is 9.27. The van der Waals surface area contributed by atoms with Gasteiger partial charge in [-0.05, 0) is 25.7 Å². The van der Waals surface area contributed by atoms with E-state index in [1.54, 1.807) is 0 Å². The Balaban J connectivity index is 2.24. The molecule has 4 heteroatoms. The Hall–Kier alpha value is -1.29. The SMILES string of the molecule is C=CCCCN(C)C(=NC)NCCC1=CCOCC1. The van der Waals surface area contributed by atoms with Crippen LogP contribution in [0.5, 0.6) is 0 Å². The topological polar surface area (TPSA) is 36.9 Å². The molecule has 0 amide bonds. The molecule has 0 atom stereocenters. The number of hydrogen-bond acceptors (Lipinski definition) is 2. The molecular weight excluding hydrogens is 238 g/mol. The van der Waals surface area contributed by atoms with Gasteiger partial charge in [-0.3, -0.25) is 4.99 Å². The first-order valence-electron chi connectivity index (χ1n) is 7.06. The molecule has 0 aromatic rings. The van der Waals surface area contributed by atoms with Crippen LogP contribution in [0.15, 0.2) is 29.3 Å². The molecule has 108 valence electrons. The zero-order chi connectivity index (χ0) is 13.9. The third kappa shape index (κ3) is 6.43. The number of unbranched alkanes of at least 4 members (excludes halogenated alkanes) is 1. The van der Waals surface area contributed by atoms with E-state index in [1.807, 2.05) is 13.1 Å². The minimum absolute atomic E-state index is 0.769. The molecule has 0 aromatic heterocycles. The summed E-state index contributed by atoms with van der Waals surface area (Å²) in [5.41, 5.74) is 1.49. The van der Waals surface area contributed by atoms with Gasteiger partial charge in [0.15, 0.2) is 5.96 Å². The van der Waals surface area contributed by atoms with Crippen molar-refractivity contribution in [3.8, 4) is 0 Å². The number of aliphatic imine (C=N–C) groups is 1. The fourth-order valence-corrected chi connectivity index (χ4v) is 2.09. The molecular formula is C15H27N3O. The fraction of sp³-hybridized carbons (Fsp3) is 0.667. The molecule has 1 aliphatic rings. The molecule has 0 saturated heterocycles. The summed E-state index contributed by atoms with van der Waals surface area (Å²) in [6.07, 6.45) is 8.46. The molecule has 1 rings (SSSR count). The highest BCUT2D eigenvalue weighted by Crippen LogP contribution is 2.10. The zero-order valence-corrected chi connectivity index (χ0v) is 12.3. The van der Waals surface area contributed by atoms with Gasteiger partial charge in [0, 0.05) is 27.2 Å². The maximum Gasteiger partial charge on any atom is 0.193 e. The molecule has 0 bridgehead atoms. The molecule has 4 nitrogen and oxygen atoms in total. The number of ether oxygens (including phenoxy) is 1. The summed E-state index contributed by atoms with van der Waals surface area (Å²) in [6, 6.07) is 0. The van der Waals surface area contributed by atoms with Crippen molar-refractivity contribution in [2.75, 3.05) is 40.4 Å². The summed E-state index contributed by atoms with van der Waals surface area (Å²) in [4.78, 5) is 6.48. The van der Waals surface area contributed by atoms with Crippen LogP contribution in [0.3, 0.4) is 0 Å². The van der Waals surface area contributed by atoms with Crippen LogP contribution in [-0.4, -0.2) is 51.3 Å². The first kappa shape index (κ1) is 15.8. The second-order valence-electron chi connectivity index (χ2n) is 4.76. The lowest BCUT2D eigenvalue weighted by Gasteiger charge is -2.22. The predicted molar refractivity (Wildman–Crippen MR) is 81.6 cm³/mol. The third-order valence-corrected chi connectivity index (χ3v) is 3.26. The quantitative estimate of drug-likeness (QED) is 0.332. The van der Waals surface area contributed by atoms with Gasteiger partial charge < -0.3 is 15.0 Å². The Morgan fingerprint density at radius 3 is 3.11 bits per heavy atom. The number of hydrogen-bond donors (Lipinski definition) is 1. The lowest BCUT2D eigenvalue weighted by atomic mass is 10.1. The Morgan fingerprint density at radius 1 is 1.63 bits per heavy atom. The predicted octanol–water partition coefficient (Wildman–Crippen LogP) is 2.20. The smallest absolute Gasteiger partial charge is 0.193 e. The van der Waals surface area contributed by atoms with Crippen LogP contribution >= 0.6 is 0 Å². The molecule has 0 spiro atoms. The van der Waals surface area contributed by atoms with Gasteiger partial charge in [0.05, 0.1) is 13.2 Å². The highest BCUT2D eigenvalue weighted by atomic mass is 16.5. The van der Waals surface area contributed by atoms with Gasteiger partial charge in [-0.2, -0.15) is 0 Å².